The second kappa shape index (κ2) is 10.8. The van der Waals surface area contributed by atoms with Crippen molar-refractivity contribution in [1.29, 1.82) is 0 Å². The van der Waals surface area contributed by atoms with Crippen LogP contribution in [0, 0.1) is 0 Å². The summed E-state index contributed by atoms with van der Waals surface area (Å²) < 4.78 is 0. The van der Waals surface area contributed by atoms with Gasteiger partial charge in [-0.05, 0) is 54.7 Å². The number of anilines is 1. The molecule has 3 rings (SSSR count). The second-order valence-electron chi connectivity index (χ2n) is 8.16. The number of aryl methyl sites for hydroxylation is 1. The number of nitrogens with one attached hydrogen (secondary N) is 1. The van der Waals surface area contributed by atoms with Gasteiger partial charge in [-0.2, -0.15) is 0 Å². The zero-order chi connectivity index (χ0) is 22.2. The summed E-state index contributed by atoms with van der Waals surface area (Å²) in [5, 5.41) is 3.10. The Morgan fingerprint density at radius 3 is 2.03 bits per heavy atom. The predicted octanol–water partition coefficient (Wildman–Crippen LogP) is 5.93. The Labute approximate surface area is 186 Å². The lowest BCUT2D eigenvalue weighted by Gasteiger charge is -2.27. The number of rotatable bonds is 8. The van der Waals surface area contributed by atoms with Crippen LogP contribution in [0.5, 0.6) is 0 Å². The first-order chi connectivity index (χ1) is 15.0. The molecule has 3 N–H and O–H groups in total. The number of carbonyl (C=O) groups excluding carboxylic acids is 1. The molecule has 0 fully saturated rings. The van der Waals surface area contributed by atoms with Crippen molar-refractivity contribution < 1.29 is 4.79 Å². The highest BCUT2D eigenvalue weighted by atomic mass is 16.2. The zero-order valence-electron chi connectivity index (χ0n) is 18.7. The van der Waals surface area contributed by atoms with Crippen molar-refractivity contribution in [3.63, 3.8) is 0 Å². The summed E-state index contributed by atoms with van der Waals surface area (Å²) in [6.07, 6.45) is 2.25. The van der Waals surface area contributed by atoms with E-state index >= 15 is 0 Å². The minimum Gasteiger partial charge on any atom is -0.331 e. The highest BCUT2D eigenvalue weighted by Crippen LogP contribution is 2.25. The van der Waals surface area contributed by atoms with E-state index in [2.05, 4.69) is 48.6 Å². The third-order valence-corrected chi connectivity index (χ3v) is 5.36. The minimum absolute atomic E-state index is 0.0924. The van der Waals surface area contributed by atoms with Crippen LogP contribution in [0.1, 0.15) is 44.4 Å². The van der Waals surface area contributed by atoms with Gasteiger partial charge in [-0.1, -0.05) is 80.1 Å². The van der Waals surface area contributed by atoms with Gasteiger partial charge in [-0.25, -0.2) is 4.79 Å². The maximum absolute atomic E-state index is 13.1. The number of carbonyl (C=O) groups is 1. The number of nitrogens with zero attached hydrogens (tertiary/aromatic N) is 1. The summed E-state index contributed by atoms with van der Waals surface area (Å²) in [6.45, 7) is 6.53. The van der Waals surface area contributed by atoms with Crippen molar-refractivity contribution in [2.24, 2.45) is 5.73 Å². The molecule has 3 aromatic rings. The molecule has 2 unspecified atom stereocenters. The fourth-order valence-corrected chi connectivity index (χ4v) is 3.67. The largest absolute Gasteiger partial charge is 0.331 e. The van der Waals surface area contributed by atoms with Crippen LogP contribution in [0.3, 0.4) is 0 Å². The molecule has 2 amide bonds. The summed E-state index contributed by atoms with van der Waals surface area (Å²) in [7, 11) is 0. The van der Waals surface area contributed by atoms with Crippen molar-refractivity contribution in [3.05, 3.63) is 90.0 Å². The first-order valence-electron chi connectivity index (χ1n) is 11.1. The molecule has 0 aliphatic carbocycles. The van der Waals surface area contributed by atoms with Crippen molar-refractivity contribution >= 4 is 11.7 Å². The number of hydrogen-bond donors (Lipinski definition) is 2. The second-order valence-corrected chi connectivity index (χ2v) is 8.16. The monoisotopic (exact) mass is 415 g/mol. The van der Waals surface area contributed by atoms with Crippen molar-refractivity contribution in [2.75, 3.05) is 11.4 Å². The van der Waals surface area contributed by atoms with Crippen LogP contribution < -0.4 is 16.0 Å². The average molecular weight is 416 g/mol. The maximum Gasteiger partial charge on any atom is 0.322 e. The molecule has 0 saturated heterocycles. The Bertz CT molecular complexity index is 950. The number of urea groups is 1. The van der Waals surface area contributed by atoms with E-state index in [9.17, 15) is 4.79 Å². The lowest BCUT2D eigenvalue weighted by Crippen LogP contribution is -2.46. The molecule has 4 nitrogen and oxygen atoms in total. The Morgan fingerprint density at radius 1 is 0.903 bits per heavy atom. The highest BCUT2D eigenvalue weighted by molar-refractivity contribution is 5.92. The van der Waals surface area contributed by atoms with E-state index in [4.69, 9.17) is 5.73 Å². The molecule has 162 valence electrons. The SMILES string of the molecule is CCCc1ccc(-c2ccc(N(CC(C)N)C(=O)NC(C)c3ccccc3)cc2)cc1. The average Bonchev–Trinajstić information content (AvgIpc) is 2.79. The molecular weight excluding hydrogens is 382 g/mol. The molecule has 0 heterocycles. The summed E-state index contributed by atoms with van der Waals surface area (Å²) in [5.41, 5.74) is 11.6. The number of nitrogens with two attached hydrogens (primary N) is 1. The molecule has 2 atom stereocenters. The lowest BCUT2D eigenvalue weighted by molar-refractivity contribution is 0.243. The first kappa shape index (κ1) is 22.6. The molecule has 0 aliphatic heterocycles. The molecule has 0 aliphatic rings. The van der Waals surface area contributed by atoms with Gasteiger partial charge in [0.1, 0.15) is 0 Å². The number of hydrogen-bond acceptors (Lipinski definition) is 2. The fourth-order valence-electron chi connectivity index (χ4n) is 3.67. The number of benzene rings is 3. The third-order valence-electron chi connectivity index (χ3n) is 5.36. The normalized spacial score (nSPS) is 12.8. The van der Waals surface area contributed by atoms with Crippen LogP contribution in [0.25, 0.3) is 11.1 Å². The standard InChI is InChI=1S/C27H33N3O/c1-4-8-22-11-13-24(14-12-22)25-15-17-26(18-16-25)30(19-20(2)28)27(31)29-21(3)23-9-6-5-7-10-23/h5-7,9-18,20-21H,4,8,19,28H2,1-3H3,(H,29,31). The van der Waals surface area contributed by atoms with Crippen LogP contribution in [0.2, 0.25) is 0 Å². The maximum atomic E-state index is 13.1. The molecular formula is C27H33N3O. The van der Waals surface area contributed by atoms with E-state index in [1.54, 1.807) is 4.90 Å². The van der Waals surface area contributed by atoms with Crippen LogP contribution in [-0.2, 0) is 6.42 Å². The van der Waals surface area contributed by atoms with E-state index in [1.807, 2.05) is 56.3 Å². The van der Waals surface area contributed by atoms with Gasteiger partial charge in [-0.3, -0.25) is 4.90 Å². The van der Waals surface area contributed by atoms with E-state index in [-0.39, 0.29) is 18.1 Å². The summed E-state index contributed by atoms with van der Waals surface area (Å²) >= 11 is 0. The van der Waals surface area contributed by atoms with Gasteiger partial charge in [0, 0.05) is 18.3 Å². The smallest absolute Gasteiger partial charge is 0.322 e. The van der Waals surface area contributed by atoms with Gasteiger partial charge in [0.15, 0.2) is 0 Å². The molecule has 0 bridgehead atoms. The van der Waals surface area contributed by atoms with Gasteiger partial charge >= 0.3 is 6.03 Å². The van der Waals surface area contributed by atoms with E-state index < -0.39 is 0 Å². The minimum atomic E-state index is -0.148. The van der Waals surface area contributed by atoms with Gasteiger partial charge in [0.2, 0.25) is 0 Å². The quantitative estimate of drug-likeness (QED) is 0.479. The summed E-state index contributed by atoms with van der Waals surface area (Å²) in [4.78, 5) is 14.8. The molecule has 31 heavy (non-hydrogen) atoms. The summed E-state index contributed by atoms with van der Waals surface area (Å²) in [5.74, 6) is 0. The summed E-state index contributed by atoms with van der Waals surface area (Å²) in [6, 6.07) is 26.4. The van der Waals surface area contributed by atoms with Crippen molar-refractivity contribution in [1.82, 2.24) is 5.32 Å². The topological polar surface area (TPSA) is 58.4 Å². The van der Waals surface area contributed by atoms with Gasteiger partial charge in [0.25, 0.3) is 0 Å². The Morgan fingerprint density at radius 2 is 1.48 bits per heavy atom. The Kier molecular flexibility index (Phi) is 7.85. The fraction of sp³-hybridized carbons (Fsp3) is 0.296. The molecule has 0 spiro atoms. The van der Waals surface area contributed by atoms with Gasteiger partial charge < -0.3 is 11.1 Å². The highest BCUT2D eigenvalue weighted by Gasteiger charge is 2.19. The van der Waals surface area contributed by atoms with Gasteiger partial charge in [0.05, 0.1) is 6.04 Å². The number of amides is 2. The lowest BCUT2D eigenvalue weighted by atomic mass is 10.0. The van der Waals surface area contributed by atoms with E-state index in [0.29, 0.717) is 6.54 Å². The van der Waals surface area contributed by atoms with Crippen LogP contribution in [-0.4, -0.2) is 18.6 Å². The van der Waals surface area contributed by atoms with E-state index in [0.717, 1.165) is 29.7 Å². The Balaban J connectivity index is 1.76. The third kappa shape index (κ3) is 6.19. The molecule has 4 heteroatoms. The van der Waals surface area contributed by atoms with E-state index in [1.165, 1.54) is 11.1 Å². The molecule has 0 saturated carbocycles. The van der Waals surface area contributed by atoms with Crippen LogP contribution >= 0.6 is 0 Å². The Hall–Kier alpha value is -3.11. The molecule has 0 radical (unpaired) electrons. The zero-order valence-corrected chi connectivity index (χ0v) is 18.7. The van der Waals surface area contributed by atoms with Crippen LogP contribution in [0.4, 0.5) is 10.5 Å². The van der Waals surface area contributed by atoms with Crippen molar-refractivity contribution in [3.8, 4) is 11.1 Å². The first-order valence-corrected chi connectivity index (χ1v) is 11.1. The van der Waals surface area contributed by atoms with Crippen LogP contribution in [0.15, 0.2) is 78.9 Å². The predicted molar refractivity (Wildman–Crippen MR) is 130 cm³/mol. The molecule has 3 aromatic carbocycles. The molecule has 0 aromatic heterocycles. The van der Waals surface area contributed by atoms with Gasteiger partial charge in [-0.15, -0.1) is 0 Å². The van der Waals surface area contributed by atoms with Crippen molar-refractivity contribution in [2.45, 2.75) is 45.7 Å².